The molecular weight excluding hydrogens is 230 g/mol. The average Bonchev–Trinajstić information content (AvgIpc) is 2.87. The first-order valence-electron chi connectivity index (χ1n) is 6.47. The van der Waals surface area contributed by atoms with Crippen molar-refractivity contribution in [3.63, 3.8) is 0 Å². The first-order valence-corrected chi connectivity index (χ1v) is 6.47. The molecule has 100 valence electrons. The van der Waals surface area contributed by atoms with Crippen LogP contribution >= 0.6 is 0 Å². The number of unbranched alkanes of at least 4 members (excludes halogenated alkanes) is 1. The maximum Gasteiger partial charge on any atom is 0.231 e. The predicted octanol–water partition coefficient (Wildman–Crippen LogP) is 2.66. The predicted molar refractivity (Wildman–Crippen MR) is 70.4 cm³/mol. The summed E-state index contributed by atoms with van der Waals surface area (Å²) in [4.78, 5) is 0. The lowest BCUT2D eigenvalue weighted by Gasteiger charge is -2.16. The zero-order valence-electron chi connectivity index (χ0n) is 11.1. The summed E-state index contributed by atoms with van der Waals surface area (Å²) in [5, 5.41) is 0. The molecule has 0 saturated carbocycles. The third-order valence-electron chi connectivity index (χ3n) is 3.34. The van der Waals surface area contributed by atoms with Gasteiger partial charge in [0.1, 0.15) is 0 Å². The standard InChI is InChI=1S/C14H21NO3/c1-3-4-5-10(8-15)11-6-12(16-2)14-13(7-11)17-9-18-14/h6-7,10H,3-5,8-9,15H2,1-2H3. The number of hydrogen-bond acceptors (Lipinski definition) is 4. The Balaban J connectivity index is 2.27. The number of methoxy groups -OCH3 is 1. The van der Waals surface area contributed by atoms with E-state index in [-0.39, 0.29) is 6.79 Å². The highest BCUT2D eigenvalue weighted by atomic mass is 16.7. The van der Waals surface area contributed by atoms with E-state index >= 15 is 0 Å². The van der Waals surface area contributed by atoms with E-state index in [0.717, 1.165) is 17.9 Å². The van der Waals surface area contributed by atoms with Gasteiger partial charge in [-0.25, -0.2) is 0 Å². The second kappa shape index (κ2) is 5.96. The lowest BCUT2D eigenvalue weighted by molar-refractivity contribution is 0.171. The van der Waals surface area contributed by atoms with Crippen LogP contribution in [-0.2, 0) is 0 Å². The van der Waals surface area contributed by atoms with Gasteiger partial charge >= 0.3 is 0 Å². The minimum Gasteiger partial charge on any atom is -0.493 e. The topological polar surface area (TPSA) is 53.7 Å². The molecule has 0 radical (unpaired) electrons. The molecule has 1 aromatic rings. The molecule has 18 heavy (non-hydrogen) atoms. The van der Waals surface area contributed by atoms with E-state index in [4.69, 9.17) is 19.9 Å². The van der Waals surface area contributed by atoms with Gasteiger partial charge in [-0.1, -0.05) is 19.8 Å². The van der Waals surface area contributed by atoms with Crippen LogP contribution in [0.3, 0.4) is 0 Å². The van der Waals surface area contributed by atoms with Gasteiger partial charge in [-0.2, -0.15) is 0 Å². The molecule has 0 spiro atoms. The molecule has 0 fully saturated rings. The number of benzene rings is 1. The highest BCUT2D eigenvalue weighted by Crippen LogP contribution is 2.43. The Labute approximate surface area is 108 Å². The minimum atomic E-state index is 0.261. The third kappa shape index (κ3) is 2.53. The van der Waals surface area contributed by atoms with Crippen molar-refractivity contribution in [2.24, 2.45) is 5.73 Å². The molecule has 2 N–H and O–H groups in total. The van der Waals surface area contributed by atoms with E-state index in [1.807, 2.05) is 12.1 Å². The molecule has 1 atom stereocenters. The van der Waals surface area contributed by atoms with Crippen molar-refractivity contribution in [2.75, 3.05) is 20.4 Å². The molecule has 4 heteroatoms. The van der Waals surface area contributed by atoms with Crippen molar-refractivity contribution in [3.05, 3.63) is 17.7 Å². The lowest BCUT2D eigenvalue weighted by atomic mass is 9.93. The molecule has 1 aromatic carbocycles. The monoisotopic (exact) mass is 251 g/mol. The Morgan fingerprint density at radius 3 is 2.89 bits per heavy atom. The normalized spacial score (nSPS) is 14.6. The fourth-order valence-corrected chi connectivity index (χ4v) is 2.26. The van der Waals surface area contributed by atoms with Crippen LogP contribution in [0.4, 0.5) is 0 Å². The van der Waals surface area contributed by atoms with Crippen LogP contribution in [0, 0.1) is 0 Å². The summed E-state index contributed by atoms with van der Waals surface area (Å²) in [5.74, 6) is 2.55. The van der Waals surface area contributed by atoms with Crippen LogP contribution in [0.5, 0.6) is 17.2 Å². The number of fused-ring (bicyclic) bond motifs is 1. The number of nitrogens with two attached hydrogens (primary N) is 1. The van der Waals surface area contributed by atoms with Crippen LogP contribution in [0.1, 0.15) is 37.7 Å². The first-order chi connectivity index (χ1) is 8.80. The molecule has 2 rings (SSSR count). The van der Waals surface area contributed by atoms with E-state index in [2.05, 4.69) is 6.92 Å². The molecule has 0 saturated heterocycles. The number of rotatable bonds is 6. The second-order valence-corrected chi connectivity index (χ2v) is 4.53. The molecule has 0 aliphatic carbocycles. The maximum atomic E-state index is 5.87. The largest absolute Gasteiger partial charge is 0.493 e. The van der Waals surface area contributed by atoms with Crippen molar-refractivity contribution in [1.82, 2.24) is 0 Å². The third-order valence-corrected chi connectivity index (χ3v) is 3.34. The van der Waals surface area contributed by atoms with E-state index in [0.29, 0.717) is 18.2 Å². The Hall–Kier alpha value is -1.42. The Kier molecular flexibility index (Phi) is 4.31. The molecule has 0 amide bonds. The van der Waals surface area contributed by atoms with Crippen LogP contribution in [0.2, 0.25) is 0 Å². The molecule has 4 nitrogen and oxygen atoms in total. The van der Waals surface area contributed by atoms with E-state index in [9.17, 15) is 0 Å². The molecule has 1 heterocycles. The van der Waals surface area contributed by atoms with E-state index in [1.165, 1.54) is 18.4 Å². The van der Waals surface area contributed by atoms with Crippen LogP contribution < -0.4 is 19.9 Å². The Morgan fingerprint density at radius 1 is 1.39 bits per heavy atom. The lowest BCUT2D eigenvalue weighted by Crippen LogP contribution is -2.12. The van der Waals surface area contributed by atoms with Crippen LogP contribution in [-0.4, -0.2) is 20.4 Å². The van der Waals surface area contributed by atoms with Crippen molar-refractivity contribution >= 4 is 0 Å². The zero-order chi connectivity index (χ0) is 13.0. The molecule has 0 aromatic heterocycles. The fraction of sp³-hybridized carbons (Fsp3) is 0.571. The van der Waals surface area contributed by atoms with Gasteiger partial charge in [0.05, 0.1) is 7.11 Å². The van der Waals surface area contributed by atoms with Crippen molar-refractivity contribution in [3.8, 4) is 17.2 Å². The second-order valence-electron chi connectivity index (χ2n) is 4.53. The summed E-state index contributed by atoms with van der Waals surface area (Å²) in [6.07, 6.45) is 3.45. The zero-order valence-corrected chi connectivity index (χ0v) is 11.1. The van der Waals surface area contributed by atoms with Gasteiger partial charge in [0.15, 0.2) is 11.5 Å². The fourth-order valence-electron chi connectivity index (χ4n) is 2.26. The van der Waals surface area contributed by atoms with Crippen molar-refractivity contribution in [2.45, 2.75) is 32.1 Å². The van der Waals surface area contributed by atoms with E-state index < -0.39 is 0 Å². The quantitative estimate of drug-likeness (QED) is 0.844. The van der Waals surface area contributed by atoms with Crippen molar-refractivity contribution < 1.29 is 14.2 Å². The van der Waals surface area contributed by atoms with Gasteiger partial charge in [-0.05, 0) is 36.6 Å². The van der Waals surface area contributed by atoms with Crippen LogP contribution in [0.15, 0.2) is 12.1 Å². The average molecular weight is 251 g/mol. The molecule has 0 bridgehead atoms. The molecule has 1 aliphatic rings. The number of hydrogen-bond donors (Lipinski definition) is 1. The summed E-state index contributed by atoms with van der Waals surface area (Å²) in [6.45, 7) is 3.09. The summed E-state index contributed by atoms with van der Waals surface area (Å²) >= 11 is 0. The van der Waals surface area contributed by atoms with Gasteiger partial charge < -0.3 is 19.9 Å². The summed E-state index contributed by atoms with van der Waals surface area (Å²) in [5.41, 5.74) is 7.04. The Morgan fingerprint density at radius 2 is 2.22 bits per heavy atom. The molecular formula is C14H21NO3. The minimum absolute atomic E-state index is 0.261. The van der Waals surface area contributed by atoms with Gasteiger partial charge in [-0.3, -0.25) is 0 Å². The van der Waals surface area contributed by atoms with Gasteiger partial charge in [0.25, 0.3) is 0 Å². The maximum absolute atomic E-state index is 5.87. The van der Waals surface area contributed by atoms with Gasteiger partial charge in [0.2, 0.25) is 12.5 Å². The Bertz CT molecular complexity index is 406. The van der Waals surface area contributed by atoms with Gasteiger partial charge in [0, 0.05) is 0 Å². The van der Waals surface area contributed by atoms with Crippen LogP contribution in [0.25, 0.3) is 0 Å². The van der Waals surface area contributed by atoms with Crippen molar-refractivity contribution in [1.29, 1.82) is 0 Å². The first kappa shape index (κ1) is 13.0. The summed E-state index contributed by atoms with van der Waals surface area (Å²) in [7, 11) is 1.64. The smallest absolute Gasteiger partial charge is 0.231 e. The highest BCUT2D eigenvalue weighted by Gasteiger charge is 2.22. The number of ether oxygens (including phenoxy) is 3. The summed E-state index contributed by atoms with van der Waals surface area (Å²) < 4.78 is 16.2. The highest BCUT2D eigenvalue weighted by molar-refractivity contribution is 5.55. The molecule has 1 aliphatic heterocycles. The molecule has 1 unspecified atom stereocenters. The summed E-state index contributed by atoms with van der Waals surface area (Å²) in [6, 6.07) is 4.04. The SMILES string of the molecule is CCCCC(CN)c1cc(OC)c2c(c1)OCO2. The van der Waals surface area contributed by atoms with Gasteiger partial charge in [-0.15, -0.1) is 0 Å². The van der Waals surface area contributed by atoms with E-state index in [1.54, 1.807) is 7.11 Å².